The van der Waals surface area contributed by atoms with Gasteiger partial charge >= 0.3 is 0 Å². The molecule has 0 N–H and O–H groups in total. The highest BCUT2D eigenvalue weighted by molar-refractivity contribution is 5.84. The molecule has 0 saturated carbocycles. The van der Waals surface area contributed by atoms with E-state index in [0.717, 1.165) is 33.6 Å². The van der Waals surface area contributed by atoms with Crippen molar-refractivity contribution in [1.29, 1.82) is 0 Å². The van der Waals surface area contributed by atoms with Crippen LogP contribution in [0.15, 0.2) is 109 Å². The van der Waals surface area contributed by atoms with Crippen molar-refractivity contribution < 1.29 is 0 Å². The lowest BCUT2D eigenvalue weighted by Crippen LogP contribution is -2.06. The molecule has 0 amide bonds. The number of hydrogen-bond donors (Lipinski definition) is 0. The molecule has 0 spiro atoms. The van der Waals surface area contributed by atoms with Gasteiger partial charge in [0.2, 0.25) is 11.7 Å². The van der Waals surface area contributed by atoms with Crippen molar-refractivity contribution in [3.63, 3.8) is 0 Å². The second kappa shape index (κ2) is 8.83. The predicted molar refractivity (Wildman–Crippen MR) is 140 cm³/mol. The fourth-order valence-electron chi connectivity index (χ4n) is 4.19. The van der Waals surface area contributed by atoms with Crippen LogP contribution < -0.4 is 0 Å². The molecule has 0 aliphatic heterocycles. The summed E-state index contributed by atoms with van der Waals surface area (Å²) in [7, 11) is 0. The average Bonchev–Trinajstić information content (AvgIpc) is 3.48. The zero-order valence-electron chi connectivity index (χ0n) is 19.2. The van der Waals surface area contributed by atoms with Gasteiger partial charge in [0.1, 0.15) is 0 Å². The summed E-state index contributed by atoms with van der Waals surface area (Å²) >= 11 is 0. The van der Waals surface area contributed by atoms with Crippen LogP contribution >= 0.6 is 0 Å². The van der Waals surface area contributed by atoms with Crippen molar-refractivity contribution >= 4 is 22.9 Å². The summed E-state index contributed by atoms with van der Waals surface area (Å²) < 4.78 is 4.13. The number of aromatic nitrogens is 6. The van der Waals surface area contributed by atoms with Crippen LogP contribution in [0, 0.1) is 0 Å². The molecule has 168 valence electrons. The maximum absolute atomic E-state index is 4.91. The van der Waals surface area contributed by atoms with E-state index in [2.05, 4.69) is 22.6 Å². The van der Waals surface area contributed by atoms with Crippen LogP contribution in [0.25, 0.3) is 51.6 Å². The number of fused-ring (bicyclic) bond motifs is 3. The van der Waals surface area contributed by atoms with Gasteiger partial charge in [-0.2, -0.15) is 9.97 Å². The molecule has 6 nitrogen and oxygen atoms in total. The standard InChI is InChI=1S/C29H22N6/c1-2-3-6-17-23-20-30-29-34(23)24-18-11-12-19-25(24)35(29)28-32-26(21-13-7-4-8-14-21)31-27(33-28)22-15-9-5-10-16-22/h2-20H,1H3/b3-2-,17-6-. The number of imidazole rings is 2. The van der Waals surface area contributed by atoms with Gasteiger partial charge in [0.25, 0.3) is 0 Å². The number of benzene rings is 3. The maximum Gasteiger partial charge on any atom is 0.241 e. The van der Waals surface area contributed by atoms with Crippen LogP contribution in [0.5, 0.6) is 0 Å². The van der Waals surface area contributed by atoms with Gasteiger partial charge in [-0.3, -0.25) is 4.40 Å². The van der Waals surface area contributed by atoms with E-state index in [0.29, 0.717) is 17.6 Å². The van der Waals surface area contributed by atoms with E-state index in [9.17, 15) is 0 Å². The molecular weight excluding hydrogens is 432 g/mol. The Balaban J connectivity index is 1.65. The number of para-hydroxylation sites is 2. The van der Waals surface area contributed by atoms with Gasteiger partial charge in [0.15, 0.2) is 11.6 Å². The Hall–Kier alpha value is -4.84. The highest BCUT2D eigenvalue weighted by Crippen LogP contribution is 2.28. The molecule has 6 aromatic rings. The highest BCUT2D eigenvalue weighted by atomic mass is 15.3. The first-order valence-electron chi connectivity index (χ1n) is 11.5. The number of nitrogens with zero attached hydrogens (tertiary/aromatic N) is 6. The quantitative estimate of drug-likeness (QED) is 0.283. The summed E-state index contributed by atoms with van der Waals surface area (Å²) in [6.45, 7) is 2.00. The van der Waals surface area contributed by atoms with Crippen LogP contribution in [0.1, 0.15) is 12.6 Å². The minimum Gasteiger partial charge on any atom is -0.277 e. The van der Waals surface area contributed by atoms with Gasteiger partial charge in [-0.15, -0.1) is 0 Å². The molecule has 3 aromatic carbocycles. The van der Waals surface area contributed by atoms with E-state index in [-0.39, 0.29) is 0 Å². The second-order valence-electron chi connectivity index (χ2n) is 8.04. The third-order valence-corrected chi connectivity index (χ3v) is 5.79. The fraction of sp³-hybridized carbons (Fsp3) is 0.0345. The number of hydrogen-bond acceptors (Lipinski definition) is 4. The minimum absolute atomic E-state index is 0.526. The van der Waals surface area contributed by atoms with Crippen molar-refractivity contribution in [2.45, 2.75) is 6.92 Å². The van der Waals surface area contributed by atoms with E-state index in [1.165, 1.54) is 0 Å². The van der Waals surface area contributed by atoms with Gasteiger partial charge < -0.3 is 0 Å². The summed E-state index contributed by atoms with van der Waals surface area (Å²) in [5.41, 5.74) is 4.84. The van der Waals surface area contributed by atoms with E-state index in [1.54, 1.807) is 0 Å². The molecule has 6 rings (SSSR count). The van der Waals surface area contributed by atoms with Crippen molar-refractivity contribution in [2.75, 3.05) is 0 Å². The van der Waals surface area contributed by atoms with Crippen LogP contribution in [-0.4, -0.2) is 28.9 Å². The Kier molecular flexibility index (Phi) is 5.24. The molecule has 3 heterocycles. The Labute approximate surface area is 202 Å². The van der Waals surface area contributed by atoms with E-state index in [1.807, 2.05) is 109 Å². The Morgan fingerprint density at radius 1 is 0.657 bits per heavy atom. The van der Waals surface area contributed by atoms with Crippen molar-refractivity contribution in [3.8, 4) is 28.7 Å². The molecule has 0 atom stereocenters. The van der Waals surface area contributed by atoms with Crippen molar-refractivity contribution in [3.05, 3.63) is 115 Å². The van der Waals surface area contributed by atoms with Crippen molar-refractivity contribution in [2.24, 2.45) is 0 Å². The largest absolute Gasteiger partial charge is 0.277 e. The van der Waals surface area contributed by atoms with Crippen LogP contribution in [0.2, 0.25) is 0 Å². The Bertz CT molecular complexity index is 1630. The molecule has 6 heteroatoms. The van der Waals surface area contributed by atoms with Crippen LogP contribution in [-0.2, 0) is 0 Å². The topological polar surface area (TPSA) is 60.9 Å². The van der Waals surface area contributed by atoms with Gasteiger partial charge in [0, 0.05) is 11.1 Å². The molecule has 0 fully saturated rings. The Morgan fingerprint density at radius 3 is 1.89 bits per heavy atom. The third-order valence-electron chi connectivity index (χ3n) is 5.79. The second-order valence-corrected chi connectivity index (χ2v) is 8.04. The first-order valence-corrected chi connectivity index (χ1v) is 11.5. The molecule has 0 aliphatic rings. The summed E-state index contributed by atoms with van der Waals surface area (Å²) in [4.78, 5) is 19.4. The van der Waals surface area contributed by atoms with Crippen LogP contribution in [0.3, 0.4) is 0 Å². The minimum atomic E-state index is 0.526. The predicted octanol–water partition coefficient (Wildman–Crippen LogP) is 6.39. The lowest BCUT2D eigenvalue weighted by molar-refractivity contribution is 0.935. The van der Waals surface area contributed by atoms with E-state index in [4.69, 9.17) is 19.9 Å². The first-order chi connectivity index (χ1) is 17.3. The van der Waals surface area contributed by atoms with Crippen molar-refractivity contribution in [1.82, 2.24) is 28.9 Å². The van der Waals surface area contributed by atoms with Gasteiger partial charge in [0.05, 0.1) is 22.9 Å². The highest BCUT2D eigenvalue weighted by Gasteiger charge is 2.19. The summed E-state index contributed by atoms with van der Waals surface area (Å²) in [6, 6.07) is 28.2. The molecule has 0 radical (unpaired) electrons. The van der Waals surface area contributed by atoms with Gasteiger partial charge in [-0.25, -0.2) is 14.5 Å². The normalized spacial score (nSPS) is 11.9. The molecular formula is C29H22N6. The number of rotatable bonds is 5. The molecule has 0 unspecified atom stereocenters. The number of allylic oxidation sites excluding steroid dienone is 3. The molecule has 35 heavy (non-hydrogen) atoms. The van der Waals surface area contributed by atoms with Crippen LogP contribution in [0.4, 0.5) is 0 Å². The molecule has 0 aliphatic carbocycles. The Morgan fingerprint density at radius 2 is 1.26 bits per heavy atom. The lowest BCUT2D eigenvalue weighted by Gasteiger charge is -2.09. The van der Waals surface area contributed by atoms with E-state index >= 15 is 0 Å². The lowest BCUT2D eigenvalue weighted by atomic mass is 10.2. The maximum atomic E-state index is 4.91. The smallest absolute Gasteiger partial charge is 0.241 e. The summed E-state index contributed by atoms with van der Waals surface area (Å²) in [5, 5.41) is 0. The van der Waals surface area contributed by atoms with Gasteiger partial charge in [-0.1, -0.05) is 91.0 Å². The summed E-state index contributed by atoms with van der Waals surface area (Å²) in [5.74, 6) is 2.50. The SMILES string of the molecule is C/C=C\C=C/c1cnc2n(-c3nc(-c4ccccc4)nc(-c4ccccc4)n3)c3ccccc3n12. The van der Waals surface area contributed by atoms with E-state index < -0.39 is 0 Å². The zero-order chi connectivity index (χ0) is 23.6. The molecule has 3 aromatic heterocycles. The zero-order valence-corrected chi connectivity index (χ0v) is 19.2. The van der Waals surface area contributed by atoms with Gasteiger partial charge in [-0.05, 0) is 25.1 Å². The fourth-order valence-corrected chi connectivity index (χ4v) is 4.19. The average molecular weight is 455 g/mol. The molecule has 0 saturated heterocycles. The third kappa shape index (κ3) is 3.71. The first kappa shape index (κ1) is 20.7. The molecule has 0 bridgehead atoms. The monoisotopic (exact) mass is 454 g/mol. The summed E-state index contributed by atoms with van der Waals surface area (Å²) in [6.07, 6.45) is 9.94.